The first-order chi connectivity index (χ1) is 14.7. The number of nitrogens with zero attached hydrogens (tertiary/aromatic N) is 3. The second-order valence-corrected chi connectivity index (χ2v) is 9.59. The molecule has 3 rings (SSSR count). The van der Waals surface area contributed by atoms with Gasteiger partial charge >= 0.3 is 0 Å². The number of nitro benzene ring substituents is 1. The van der Waals surface area contributed by atoms with Crippen molar-refractivity contribution in [2.24, 2.45) is 0 Å². The zero-order valence-electron chi connectivity index (χ0n) is 16.3. The first kappa shape index (κ1) is 23.4. The van der Waals surface area contributed by atoms with E-state index in [0.29, 0.717) is 25.3 Å². The van der Waals surface area contributed by atoms with Crippen LogP contribution in [0.15, 0.2) is 47.4 Å². The van der Waals surface area contributed by atoms with Crippen molar-refractivity contribution in [3.63, 3.8) is 0 Å². The number of nitro groups is 1. The largest absolute Gasteiger partial charge is 0.326 e. The van der Waals surface area contributed by atoms with Gasteiger partial charge in [-0.25, -0.2) is 8.42 Å². The van der Waals surface area contributed by atoms with Crippen LogP contribution >= 0.6 is 23.2 Å². The minimum Gasteiger partial charge on any atom is -0.326 e. The zero-order chi connectivity index (χ0) is 22.6. The van der Waals surface area contributed by atoms with Gasteiger partial charge in [0.15, 0.2) is 0 Å². The molecule has 9 nitrogen and oxygen atoms in total. The van der Waals surface area contributed by atoms with Gasteiger partial charge in [0.1, 0.15) is 4.90 Å². The van der Waals surface area contributed by atoms with Gasteiger partial charge in [-0.05, 0) is 18.2 Å². The van der Waals surface area contributed by atoms with Crippen LogP contribution in [0.1, 0.15) is 6.42 Å². The molecule has 1 aliphatic heterocycles. The summed E-state index contributed by atoms with van der Waals surface area (Å²) in [4.78, 5) is 24.4. The van der Waals surface area contributed by atoms with Gasteiger partial charge in [-0.2, -0.15) is 4.31 Å². The summed E-state index contributed by atoms with van der Waals surface area (Å²) in [6.07, 6.45) is 0.172. The van der Waals surface area contributed by atoms with Crippen LogP contribution in [0.5, 0.6) is 0 Å². The highest BCUT2D eigenvalue weighted by Crippen LogP contribution is 2.31. The van der Waals surface area contributed by atoms with Gasteiger partial charge < -0.3 is 10.2 Å². The van der Waals surface area contributed by atoms with Crippen molar-refractivity contribution >= 4 is 50.5 Å². The smallest absolute Gasteiger partial charge is 0.271 e. The fraction of sp³-hybridized carbons (Fsp3) is 0.316. The van der Waals surface area contributed by atoms with Crippen LogP contribution in [-0.4, -0.2) is 61.2 Å². The Bertz CT molecular complexity index is 1070. The molecule has 2 aromatic carbocycles. The van der Waals surface area contributed by atoms with Crippen molar-refractivity contribution in [3.05, 3.63) is 62.6 Å². The van der Waals surface area contributed by atoms with Crippen LogP contribution in [0.4, 0.5) is 11.4 Å². The number of sulfonamides is 1. The molecule has 12 heteroatoms. The number of non-ortho nitro benzene ring substituents is 1. The Kier molecular flexibility index (Phi) is 7.50. The molecule has 0 atom stereocenters. The van der Waals surface area contributed by atoms with E-state index < -0.39 is 14.9 Å². The molecular formula is C19H20Cl2N4O5S. The molecule has 31 heavy (non-hydrogen) atoms. The highest BCUT2D eigenvalue weighted by atomic mass is 35.5. The Morgan fingerprint density at radius 1 is 1.06 bits per heavy atom. The SMILES string of the molecule is O=C(CCN1CCN(S(=O)(=O)c2c(Cl)cccc2Cl)CC1)Nc1cccc([N+](=O)[O-])c1. The molecule has 0 saturated carbocycles. The average molecular weight is 487 g/mol. The topological polar surface area (TPSA) is 113 Å². The van der Waals surface area contributed by atoms with Crippen LogP contribution in [0.2, 0.25) is 10.0 Å². The average Bonchev–Trinajstić information content (AvgIpc) is 2.72. The van der Waals surface area contributed by atoms with E-state index in [-0.39, 0.29) is 46.0 Å². The number of amides is 1. The Labute approximate surface area is 189 Å². The second kappa shape index (κ2) is 9.92. The van der Waals surface area contributed by atoms with Crippen LogP contribution < -0.4 is 5.32 Å². The maximum atomic E-state index is 12.9. The summed E-state index contributed by atoms with van der Waals surface area (Å²) in [6.45, 7) is 1.82. The van der Waals surface area contributed by atoms with Gasteiger partial charge in [-0.1, -0.05) is 35.3 Å². The Balaban J connectivity index is 1.52. The van der Waals surface area contributed by atoms with E-state index in [2.05, 4.69) is 5.32 Å². The number of halogens is 2. The summed E-state index contributed by atoms with van der Waals surface area (Å²) >= 11 is 12.1. The van der Waals surface area contributed by atoms with Crippen LogP contribution in [-0.2, 0) is 14.8 Å². The van der Waals surface area contributed by atoms with Crippen molar-refractivity contribution in [1.29, 1.82) is 0 Å². The first-order valence-corrected chi connectivity index (χ1v) is 11.6. The number of hydrogen-bond acceptors (Lipinski definition) is 6. The number of benzene rings is 2. The molecular weight excluding hydrogens is 467 g/mol. The Hall–Kier alpha value is -2.24. The lowest BCUT2D eigenvalue weighted by molar-refractivity contribution is -0.384. The lowest BCUT2D eigenvalue weighted by atomic mass is 10.2. The third-order valence-corrected chi connectivity index (χ3v) is 7.70. The third kappa shape index (κ3) is 5.72. The zero-order valence-corrected chi connectivity index (χ0v) is 18.7. The van der Waals surface area contributed by atoms with Crippen LogP contribution in [0.25, 0.3) is 0 Å². The summed E-state index contributed by atoms with van der Waals surface area (Å²) in [6, 6.07) is 10.3. The number of nitrogens with one attached hydrogen (secondary N) is 1. The van der Waals surface area contributed by atoms with E-state index in [4.69, 9.17) is 23.2 Å². The molecule has 0 spiro atoms. The van der Waals surface area contributed by atoms with Gasteiger partial charge in [-0.15, -0.1) is 0 Å². The van der Waals surface area contributed by atoms with E-state index in [0.717, 1.165) is 0 Å². The molecule has 0 aromatic heterocycles. The van der Waals surface area contributed by atoms with Gasteiger partial charge in [0, 0.05) is 57.0 Å². The molecule has 1 aliphatic rings. The number of carbonyl (C=O) groups is 1. The standard InChI is InChI=1S/C19H20Cl2N4O5S/c20-16-5-2-6-17(21)19(16)31(29,30)24-11-9-23(10-12-24)8-7-18(26)22-14-3-1-4-15(13-14)25(27)28/h1-6,13H,7-12H2,(H,22,26). The van der Waals surface area contributed by atoms with Crippen molar-refractivity contribution in [2.75, 3.05) is 38.0 Å². The molecule has 2 aromatic rings. The minimum absolute atomic E-state index is 0.0766. The van der Waals surface area contributed by atoms with Gasteiger partial charge in [0.05, 0.1) is 15.0 Å². The molecule has 1 saturated heterocycles. The highest BCUT2D eigenvalue weighted by molar-refractivity contribution is 7.89. The van der Waals surface area contributed by atoms with E-state index in [1.807, 2.05) is 4.90 Å². The van der Waals surface area contributed by atoms with E-state index in [9.17, 15) is 23.3 Å². The normalized spacial score (nSPS) is 15.5. The summed E-state index contributed by atoms with van der Waals surface area (Å²) in [5, 5.41) is 13.6. The van der Waals surface area contributed by atoms with Crippen molar-refractivity contribution in [2.45, 2.75) is 11.3 Å². The lowest BCUT2D eigenvalue weighted by Gasteiger charge is -2.34. The third-order valence-electron chi connectivity index (χ3n) is 4.84. The maximum absolute atomic E-state index is 12.9. The van der Waals surface area contributed by atoms with Crippen LogP contribution in [0, 0.1) is 10.1 Å². The number of hydrogen-bond donors (Lipinski definition) is 1. The number of rotatable bonds is 7. The summed E-state index contributed by atoms with van der Waals surface area (Å²) in [5.41, 5.74) is 0.250. The summed E-state index contributed by atoms with van der Waals surface area (Å²) in [5.74, 6) is -0.279. The molecule has 0 unspecified atom stereocenters. The van der Waals surface area contributed by atoms with Crippen molar-refractivity contribution in [3.8, 4) is 0 Å². The molecule has 0 bridgehead atoms. The van der Waals surface area contributed by atoms with Crippen LogP contribution in [0.3, 0.4) is 0 Å². The van der Waals surface area contributed by atoms with Gasteiger partial charge in [0.2, 0.25) is 15.9 Å². The predicted octanol–water partition coefficient (Wildman–Crippen LogP) is 3.24. The van der Waals surface area contributed by atoms with E-state index in [1.165, 1.54) is 34.6 Å². The summed E-state index contributed by atoms with van der Waals surface area (Å²) < 4.78 is 27.1. The van der Waals surface area contributed by atoms with Gasteiger partial charge in [-0.3, -0.25) is 14.9 Å². The summed E-state index contributed by atoms with van der Waals surface area (Å²) in [7, 11) is -3.82. The van der Waals surface area contributed by atoms with E-state index >= 15 is 0 Å². The predicted molar refractivity (Wildman–Crippen MR) is 118 cm³/mol. The monoisotopic (exact) mass is 486 g/mol. The molecule has 0 radical (unpaired) electrons. The molecule has 1 amide bonds. The van der Waals surface area contributed by atoms with E-state index in [1.54, 1.807) is 12.1 Å². The Morgan fingerprint density at radius 3 is 2.29 bits per heavy atom. The molecule has 0 aliphatic carbocycles. The number of piperazine rings is 1. The Morgan fingerprint density at radius 2 is 1.68 bits per heavy atom. The number of anilines is 1. The molecule has 1 heterocycles. The van der Waals surface area contributed by atoms with Gasteiger partial charge in [0.25, 0.3) is 5.69 Å². The molecule has 1 fully saturated rings. The fourth-order valence-electron chi connectivity index (χ4n) is 3.23. The molecule has 1 N–H and O–H groups in total. The number of carbonyl (C=O) groups excluding carboxylic acids is 1. The maximum Gasteiger partial charge on any atom is 0.271 e. The second-order valence-electron chi connectivity index (χ2n) is 6.90. The highest BCUT2D eigenvalue weighted by Gasteiger charge is 2.31. The van der Waals surface area contributed by atoms with Crippen molar-refractivity contribution in [1.82, 2.24) is 9.21 Å². The quantitative estimate of drug-likeness (QED) is 0.474. The molecule has 166 valence electrons. The first-order valence-electron chi connectivity index (χ1n) is 9.39. The fourth-order valence-corrected chi connectivity index (χ4v) is 5.75. The lowest BCUT2D eigenvalue weighted by Crippen LogP contribution is -2.49. The minimum atomic E-state index is -3.82. The van der Waals surface area contributed by atoms with Crippen molar-refractivity contribution < 1.29 is 18.1 Å².